The minimum absolute atomic E-state index is 0.233. The number of fused-ring (bicyclic) bond motifs is 1. The summed E-state index contributed by atoms with van der Waals surface area (Å²) in [5.74, 6) is 1.68. The second-order valence-corrected chi connectivity index (χ2v) is 12.6. The number of halogens is 1. The summed E-state index contributed by atoms with van der Waals surface area (Å²) in [4.78, 5) is 0. The molecule has 0 N–H and O–H groups in total. The van der Waals surface area contributed by atoms with Gasteiger partial charge in [-0.2, -0.15) is 0 Å². The predicted molar refractivity (Wildman–Crippen MR) is 145 cm³/mol. The summed E-state index contributed by atoms with van der Waals surface area (Å²) >= 11 is 6.99. The first-order valence-electron chi connectivity index (χ1n) is 11.6. The van der Waals surface area contributed by atoms with Crippen LogP contribution in [0.3, 0.4) is 0 Å². The Balaban J connectivity index is 2.11. The first-order chi connectivity index (χ1) is 16.9. The molecule has 0 bridgehead atoms. The summed E-state index contributed by atoms with van der Waals surface area (Å²) in [6.45, 7) is 11.3. The van der Waals surface area contributed by atoms with Crippen molar-refractivity contribution >= 4 is 34.7 Å². The molecular weight excluding hydrogens is 499 g/mol. The van der Waals surface area contributed by atoms with Gasteiger partial charge in [0.1, 0.15) is 11.5 Å². The first kappa shape index (κ1) is 26.2. The van der Waals surface area contributed by atoms with Gasteiger partial charge in [-0.15, -0.1) is 0 Å². The Morgan fingerprint density at radius 3 is 1.53 bits per heavy atom. The standard InChI is InChI=1S/C28H32ClO6P/c1-15-10-19(11-16(2)24(15)32-8)36(30,20-12-17(3)25(33-9)18(4)13-20)22-14-21(31-7)26-27(23(22)29)35-28(5,6)34-26/h10-14H,1-9H3. The van der Waals surface area contributed by atoms with Crippen LogP contribution < -0.4 is 39.6 Å². The maximum Gasteiger partial charge on any atom is 0.246 e. The van der Waals surface area contributed by atoms with Crippen LogP contribution in [0, 0.1) is 27.7 Å². The van der Waals surface area contributed by atoms with E-state index in [4.69, 9.17) is 35.3 Å². The highest BCUT2D eigenvalue weighted by atomic mass is 35.5. The average Bonchev–Trinajstić information content (AvgIpc) is 3.14. The Morgan fingerprint density at radius 1 is 0.722 bits per heavy atom. The van der Waals surface area contributed by atoms with E-state index in [1.165, 1.54) is 7.11 Å². The van der Waals surface area contributed by atoms with Gasteiger partial charge in [0.15, 0.2) is 18.6 Å². The minimum Gasteiger partial charge on any atom is -0.496 e. The quantitative estimate of drug-likeness (QED) is 0.378. The lowest BCUT2D eigenvalue weighted by molar-refractivity contribution is -0.0439. The van der Waals surface area contributed by atoms with Gasteiger partial charge >= 0.3 is 0 Å². The molecule has 0 aromatic heterocycles. The van der Waals surface area contributed by atoms with Crippen molar-refractivity contribution in [1.29, 1.82) is 0 Å². The molecule has 192 valence electrons. The number of benzene rings is 3. The van der Waals surface area contributed by atoms with Crippen LogP contribution in [0.4, 0.5) is 0 Å². The third-order valence-corrected chi connectivity index (χ3v) is 9.91. The van der Waals surface area contributed by atoms with E-state index >= 15 is 4.57 Å². The normalized spacial score (nSPS) is 14.1. The van der Waals surface area contributed by atoms with Gasteiger partial charge in [0, 0.05) is 29.8 Å². The lowest BCUT2D eigenvalue weighted by Crippen LogP contribution is -2.30. The fourth-order valence-corrected chi connectivity index (χ4v) is 8.52. The number of rotatable bonds is 6. The van der Waals surface area contributed by atoms with Gasteiger partial charge in [0.05, 0.1) is 26.4 Å². The molecule has 0 saturated carbocycles. The van der Waals surface area contributed by atoms with Crippen LogP contribution >= 0.6 is 18.7 Å². The van der Waals surface area contributed by atoms with Crippen molar-refractivity contribution in [2.45, 2.75) is 47.3 Å². The van der Waals surface area contributed by atoms with E-state index in [1.807, 2.05) is 52.0 Å². The molecule has 1 aliphatic heterocycles. The molecule has 0 atom stereocenters. The molecule has 6 nitrogen and oxygen atoms in total. The topological polar surface area (TPSA) is 63.2 Å². The monoisotopic (exact) mass is 530 g/mol. The van der Waals surface area contributed by atoms with Crippen molar-refractivity contribution in [2.24, 2.45) is 0 Å². The van der Waals surface area contributed by atoms with E-state index in [0.29, 0.717) is 33.2 Å². The highest BCUT2D eigenvalue weighted by Gasteiger charge is 2.42. The predicted octanol–water partition coefficient (Wildman–Crippen LogP) is 5.75. The number of aryl methyl sites for hydroxylation is 4. The van der Waals surface area contributed by atoms with Crippen LogP contribution in [-0.2, 0) is 4.57 Å². The second kappa shape index (κ2) is 9.24. The Bertz CT molecular complexity index is 1300. The van der Waals surface area contributed by atoms with Gasteiger partial charge in [0.2, 0.25) is 11.5 Å². The molecular formula is C28H32ClO6P. The van der Waals surface area contributed by atoms with Crippen molar-refractivity contribution in [3.05, 3.63) is 57.6 Å². The molecule has 36 heavy (non-hydrogen) atoms. The zero-order valence-electron chi connectivity index (χ0n) is 22.2. The van der Waals surface area contributed by atoms with Crippen LogP contribution in [0.25, 0.3) is 0 Å². The summed E-state index contributed by atoms with van der Waals surface area (Å²) in [6.07, 6.45) is 0. The third-order valence-electron chi connectivity index (χ3n) is 6.40. The van der Waals surface area contributed by atoms with Crippen LogP contribution in [0.1, 0.15) is 36.1 Å². The third kappa shape index (κ3) is 4.10. The molecule has 3 aromatic carbocycles. The molecule has 0 fully saturated rings. The molecule has 0 saturated heterocycles. The lowest BCUT2D eigenvalue weighted by Gasteiger charge is -2.25. The van der Waals surface area contributed by atoms with Crippen LogP contribution in [0.5, 0.6) is 28.7 Å². The van der Waals surface area contributed by atoms with Crippen molar-refractivity contribution in [3.63, 3.8) is 0 Å². The van der Waals surface area contributed by atoms with Gasteiger partial charge in [-0.3, -0.25) is 0 Å². The first-order valence-corrected chi connectivity index (χ1v) is 13.7. The Hall–Kier alpha value is -2.82. The molecule has 0 radical (unpaired) electrons. The maximum atomic E-state index is 15.6. The number of hydrogen-bond acceptors (Lipinski definition) is 6. The van der Waals surface area contributed by atoms with Crippen LogP contribution in [0.2, 0.25) is 5.02 Å². The van der Waals surface area contributed by atoms with E-state index in [0.717, 1.165) is 33.8 Å². The van der Waals surface area contributed by atoms with Crippen molar-refractivity contribution in [2.75, 3.05) is 21.3 Å². The van der Waals surface area contributed by atoms with Gasteiger partial charge < -0.3 is 28.2 Å². The van der Waals surface area contributed by atoms with Gasteiger partial charge in [-0.05, 0) is 80.3 Å². The summed E-state index contributed by atoms with van der Waals surface area (Å²) in [7, 11) is 1.24. The van der Waals surface area contributed by atoms with E-state index < -0.39 is 12.9 Å². The Kier molecular flexibility index (Phi) is 6.74. The molecule has 8 heteroatoms. The smallest absolute Gasteiger partial charge is 0.246 e. The fraction of sp³-hybridized carbons (Fsp3) is 0.357. The number of methoxy groups -OCH3 is 3. The zero-order valence-corrected chi connectivity index (χ0v) is 23.8. The van der Waals surface area contributed by atoms with E-state index in [1.54, 1.807) is 34.1 Å². The molecule has 4 rings (SSSR count). The Labute approximate surface area is 217 Å². The SMILES string of the molecule is COc1cc(P(=O)(c2cc(C)c(OC)c(C)c2)c2cc(C)c(OC)c(C)c2)c(Cl)c2c1OC(C)(C)O2. The molecule has 0 aliphatic carbocycles. The van der Waals surface area contributed by atoms with Crippen molar-refractivity contribution in [1.82, 2.24) is 0 Å². The highest BCUT2D eigenvalue weighted by Crippen LogP contribution is 2.55. The van der Waals surface area contributed by atoms with E-state index in [-0.39, 0.29) is 5.02 Å². The van der Waals surface area contributed by atoms with Gasteiger partial charge in [0.25, 0.3) is 0 Å². The van der Waals surface area contributed by atoms with Crippen molar-refractivity contribution < 1.29 is 28.2 Å². The lowest BCUT2D eigenvalue weighted by atomic mass is 10.1. The average molecular weight is 531 g/mol. The van der Waals surface area contributed by atoms with Gasteiger partial charge in [-0.25, -0.2) is 0 Å². The van der Waals surface area contributed by atoms with E-state index in [9.17, 15) is 0 Å². The largest absolute Gasteiger partial charge is 0.496 e. The molecule has 0 spiro atoms. The summed E-state index contributed by atoms with van der Waals surface area (Å²) in [6, 6.07) is 9.31. The van der Waals surface area contributed by atoms with Gasteiger partial charge in [-0.1, -0.05) is 11.6 Å². The zero-order chi connectivity index (χ0) is 26.6. The Morgan fingerprint density at radius 2 is 1.14 bits per heavy atom. The summed E-state index contributed by atoms with van der Waals surface area (Å²) < 4.78 is 44.4. The number of hydrogen-bond donors (Lipinski definition) is 0. The molecule has 1 aliphatic rings. The number of ether oxygens (including phenoxy) is 5. The molecule has 0 amide bonds. The summed E-state index contributed by atoms with van der Waals surface area (Å²) in [5.41, 5.74) is 3.50. The maximum absolute atomic E-state index is 15.6. The van der Waals surface area contributed by atoms with Crippen LogP contribution in [0.15, 0.2) is 30.3 Å². The minimum atomic E-state index is -3.56. The van der Waals surface area contributed by atoms with Crippen molar-refractivity contribution in [3.8, 4) is 28.7 Å². The second-order valence-electron chi connectivity index (χ2n) is 9.51. The molecule has 0 unspecified atom stereocenters. The fourth-order valence-electron chi connectivity index (χ4n) is 4.95. The van der Waals surface area contributed by atoms with E-state index in [2.05, 4.69) is 0 Å². The molecule has 1 heterocycles. The summed E-state index contributed by atoms with van der Waals surface area (Å²) in [5, 5.41) is 1.90. The highest BCUT2D eigenvalue weighted by molar-refractivity contribution is 7.85. The van der Waals surface area contributed by atoms with Crippen LogP contribution in [-0.4, -0.2) is 27.1 Å². The molecule has 3 aromatic rings.